The van der Waals surface area contributed by atoms with Gasteiger partial charge in [0.25, 0.3) is 0 Å². The van der Waals surface area contributed by atoms with Gasteiger partial charge in [0.1, 0.15) is 5.82 Å². The van der Waals surface area contributed by atoms with Crippen molar-refractivity contribution in [2.75, 3.05) is 0 Å². The molecule has 4 heteroatoms. The zero-order chi connectivity index (χ0) is 13.4. The largest absolute Gasteiger partial charge is 0.329 e. The van der Waals surface area contributed by atoms with Gasteiger partial charge in [-0.05, 0) is 30.5 Å². The molecule has 0 unspecified atom stereocenters. The SMILES string of the molecule is O=C1C[C@H](c2cccc(F)c2)C2=C(CCCC2=O)N1. The van der Waals surface area contributed by atoms with Crippen molar-refractivity contribution in [1.29, 1.82) is 0 Å². The molecule has 1 aromatic carbocycles. The Bertz CT molecular complexity index is 592. The number of carbonyl (C=O) groups is 2. The van der Waals surface area contributed by atoms with E-state index in [0.717, 1.165) is 18.5 Å². The molecule has 98 valence electrons. The van der Waals surface area contributed by atoms with Crippen LogP contribution in [0, 0.1) is 5.82 Å². The van der Waals surface area contributed by atoms with E-state index in [1.165, 1.54) is 12.1 Å². The first-order valence-corrected chi connectivity index (χ1v) is 6.46. The Morgan fingerprint density at radius 3 is 2.84 bits per heavy atom. The van der Waals surface area contributed by atoms with E-state index >= 15 is 0 Å². The van der Waals surface area contributed by atoms with E-state index in [9.17, 15) is 14.0 Å². The number of hydrogen-bond acceptors (Lipinski definition) is 2. The molecular formula is C15H14FNO2. The van der Waals surface area contributed by atoms with Crippen molar-refractivity contribution in [2.45, 2.75) is 31.6 Å². The highest BCUT2D eigenvalue weighted by Crippen LogP contribution is 2.37. The summed E-state index contributed by atoms with van der Waals surface area (Å²) in [4.78, 5) is 23.8. The fourth-order valence-electron chi connectivity index (χ4n) is 2.91. The van der Waals surface area contributed by atoms with Crippen LogP contribution in [0.15, 0.2) is 35.5 Å². The Hall–Kier alpha value is -1.97. The molecule has 1 heterocycles. The number of allylic oxidation sites excluding steroid dienone is 2. The van der Waals surface area contributed by atoms with Crippen molar-refractivity contribution in [3.8, 4) is 0 Å². The molecule has 3 nitrogen and oxygen atoms in total. The van der Waals surface area contributed by atoms with E-state index in [2.05, 4.69) is 5.32 Å². The average molecular weight is 259 g/mol. The maximum atomic E-state index is 13.3. The van der Waals surface area contributed by atoms with E-state index < -0.39 is 0 Å². The summed E-state index contributed by atoms with van der Waals surface area (Å²) in [6.45, 7) is 0. The van der Waals surface area contributed by atoms with E-state index in [4.69, 9.17) is 0 Å². The second-order valence-corrected chi connectivity index (χ2v) is 5.03. The number of benzene rings is 1. The van der Waals surface area contributed by atoms with Crippen molar-refractivity contribution in [3.63, 3.8) is 0 Å². The number of hydrogen-bond donors (Lipinski definition) is 1. The molecule has 1 aliphatic heterocycles. The lowest BCUT2D eigenvalue weighted by molar-refractivity contribution is -0.122. The quantitative estimate of drug-likeness (QED) is 0.842. The Morgan fingerprint density at radius 1 is 1.21 bits per heavy atom. The number of Topliss-reactive ketones (excluding diaryl/α,β-unsaturated/α-hetero) is 1. The third kappa shape index (κ3) is 2.18. The molecule has 2 aliphatic rings. The van der Waals surface area contributed by atoms with E-state index in [0.29, 0.717) is 17.6 Å². The molecule has 3 rings (SSSR count). The monoisotopic (exact) mass is 259 g/mol. The predicted octanol–water partition coefficient (Wildman–Crippen LogP) is 2.44. The van der Waals surface area contributed by atoms with Crippen LogP contribution in [-0.2, 0) is 9.59 Å². The van der Waals surface area contributed by atoms with E-state index in [1.54, 1.807) is 12.1 Å². The molecule has 1 amide bonds. The number of rotatable bonds is 1. The average Bonchev–Trinajstić information content (AvgIpc) is 2.37. The van der Waals surface area contributed by atoms with Crippen LogP contribution < -0.4 is 5.32 Å². The first-order chi connectivity index (χ1) is 9.15. The highest BCUT2D eigenvalue weighted by Gasteiger charge is 2.34. The number of ketones is 1. The molecule has 0 bridgehead atoms. The fourth-order valence-corrected chi connectivity index (χ4v) is 2.91. The molecular weight excluding hydrogens is 245 g/mol. The van der Waals surface area contributed by atoms with Crippen molar-refractivity contribution in [3.05, 3.63) is 46.9 Å². The second-order valence-electron chi connectivity index (χ2n) is 5.03. The van der Waals surface area contributed by atoms with Crippen molar-refractivity contribution >= 4 is 11.7 Å². The summed E-state index contributed by atoms with van der Waals surface area (Å²) in [6, 6.07) is 6.17. The standard InChI is InChI=1S/C15H14FNO2/c16-10-4-1-3-9(7-10)11-8-14(19)17-12-5-2-6-13(18)15(11)12/h1,3-4,7,11H,2,5-6,8H2,(H,17,19)/t11-/m1/s1. The summed E-state index contributed by atoms with van der Waals surface area (Å²) >= 11 is 0. The third-order valence-electron chi connectivity index (χ3n) is 3.74. The van der Waals surface area contributed by atoms with Crippen LogP contribution >= 0.6 is 0 Å². The van der Waals surface area contributed by atoms with E-state index in [1.807, 2.05) is 0 Å². The van der Waals surface area contributed by atoms with E-state index in [-0.39, 0.29) is 29.8 Å². The maximum absolute atomic E-state index is 13.3. The molecule has 0 spiro atoms. The Morgan fingerprint density at radius 2 is 2.05 bits per heavy atom. The first kappa shape index (κ1) is 12.1. The Kier molecular flexibility index (Phi) is 2.93. The molecule has 1 aromatic rings. The lowest BCUT2D eigenvalue weighted by Crippen LogP contribution is -2.36. The molecule has 1 atom stereocenters. The van der Waals surface area contributed by atoms with Crippen LogP contribution in [0.5, 0.6) is 0 Å². The van der Waals surface area contributed by atoms with Gasteiger partial charge in [-0.2, -0.15) is 0 Å². The Labute approximate surface area is 110 Å². The van der Waals surface area contributed by atoms with Crippen LogP contribution in [0.4, 0.5) is 4.39 Å². The van der Waals surface area contributed by atoms with Crippen molar-refractivity contribution < 1.29 is 14.0 Å². The number of halogens is 1. The van der Waals surface area contributed by atoms with Gasteiger partial charge < -0.3 is 5.32 Å². The zero-order valence-corrected chi connectivity index (χ0v) is 10.4. The molecule has 0 aromatic heterocycles. The molecule has 0 radical (unpaired) electrons. The van der Waals surface area contributed by atoms with Gasteiger partial charge in [0.05, 0.1) is 0 Å². The summed E-state index contributed by atoms with van der Waals surface area (Å²) in [5, 5.41) is 2.79. The van der Waals surface area contributed by atoms with Gasteiger partial charge in [0, 0.05) is 30.0 Å². The predicted molar refractivity (Wildman–Crippen MR) is 67.8 cm³/mol. The van der Waals surface area contributed by atoms with Gasteiger partial charge in [-0.15, -0.1) is 0 Å². The van der Waals surface area contributed by atoms with Gasteiger partial charge in [0.2, 0.25) is 5.91 Å². The number of amides is 1. The molecule has 0 saturated carbocycles. The third-order valence-corrected chi connectivity index (χ3v) is 3.74. The normalized spacial score (nSPS) is 23.1. The van der Waals surface area contributed by atoms with Gasteiger partial charge >= 0.3 is 0 Å². The van der Waals surface area contributed by atoms with Gasteiger partial charge in [-0.1, -0.05) is 12.1 Å². The van der Waals surface area contributed by atoms with Crippen molar-refractivity contribution in [2.24, 2.45) is 0 Å². The van der Waals surface area contributed by atoms with Crippen LogP contribution in [0.2, 0.25) is 0 Å². The van der Waals surface area contributed by atoms with Crippen LogP contribution in [0.25, 0.3) is 0 Å². The maximum Gasteiger partial charge on any atom is 0.225 e. The summed E-state index contributed by atoms with van der Waals surface area (Å²) < 4.78 is 13.3. The Balaban J connectivity index is 2.08. The molecule has 0 saturated heterocycles. The van der Waals surface area contributed by atoms with Crippen LogP contribution in [0.3, 0.4) is 0 Å². The lowest BCUT2D eigenvalue weighted by atomic mass is 9.78. The topological polar surface area (TPSA) is 46.2 Å². The fraction of sp³-hybridized carbons (Fsp3) is 0.333. The number of carbonyl (C=O) groups excluding carboxylic acids is 2. The summed E-state index contributed by atoms with van der Waals surface area (Å²) in [7, 11) is 0. The minimum Gasteiger partial charge on any atom is -0.329 e. The van der Waals surface area contributed by atoms with Crippen LogP contribution in [-0.4, -0.2) is 11.7 Å². The molecule has 1 N–H and O–H groups in total. The molecule has 19 heavy (non-hydrogen) atoms. The summed E-state index contributed by atoms with van der Waals surface area (Å²) in [6.07, 6.45) is 2.22. The minimum absolute atomic E-state index is 0.0792. The zero-order valence-electron chi connectivity index (χ0n) is 10.4. The highest BCUT2D eigenvalue weighted by molar-refractivity contribution is 6.01. The lowest BCUT2D eigenvalue weighted by Gasteiger charge is -2.31. The smallest absolute Gasteiger partial charge is 0.225 e. The van der Waals surface area contributed by atoms with Gasteiger partial charge in [0.15, 0.2) is 5.78 Å². The highest BCUT2D eigenvalue weighted by atomic mass is 19.1. The molecule has 0 fully saturated rings. The van der Waals surface area contributed by atoms with Crippen LogP contribution in [0.1, 0.15) is 37.2 Å². The second kappa shape index (κ2) is 4.61. The minimum atomic E-state index is -0.339. The summed E-state index contributed by atoms with van der Waals surface area (Å²) in [5.41, 5.74) is 2.12. The van der Waals surface area contributed by atoms with Gasteiger partial charge in [-0.25, -0.2) is 4.39 Å². The first-order valence-electron chi connectivity index (χ1n) is 6.46. The summed E-state index contributed by atoms with van der Waals surface area (Å²) in [5.74, 6) is -0.653. The van der Waals surface area contributed by atoms with Gasteiger partial charge in [-0.3, -0.25) is 9.59 Å². The van der Waals surface area contributed by atoms with Crippen molar-refractivity contribution in [1.82, 2.24) is 5.32 Å². The molecule has 1 aliphatic carbocycles. The number of nitrogens with one attached hydrogen (secondary N) is 1.